The summed E-state index contributed by atoms with van der Waals surface area (Å²) in [5, 5.41) is 27.0. The van der Waals surface area contributed by atoms with E-state index in [0.717, 1.165) is 122 Å². The minimum absolute atomic E-state index is 0.0591. The average Bonchev–Trinajstić information content (AvgIpc) is 3.30. The van der Waals surface area contributed by atoms with Gasteiger partial charge in [-0.15, -0.1) is 0 Å². The van der Waals surface area contributed by atoms with Crippen LogP contribution in [0, 0.1) is 0 Å². The molecule has 4 aliphatic rings. The summed E-state index contributed by atoms with van der Waals surface area (Å²) in [6.07, 6.45) is 5.87. The van der Waals surface area contributed by atoms with Crippen molar-refractivity contribution in [1.82, 2.24) is 36.2 Å². The molecule has 0 saturated carbocycles. The molecule has 376 valence electrons. The van der Waals surface area contributed by atoms with Gasteiger partial charge in [0, 0.05) is 138 Å². The first kappa shape index (κ1) is 53.9. The zero-order chi connectivity index (χ0) is 49.2. The Labute approximate surface area is 410 Å². The van der Waals surface area contributed by atoms with Crippen LogP contribution in [0.15, 0.2) is 79.3 Å². The lowest BCUT2D eigenvalue weighted by atomic mass is 10.1. The Kier molecular flexibility index (Phi) is 20.2. The highest BCUT2D eigenvalue weighted by molar-refractivity contribution is 5.56. The van der Waals surface area contributed by atoms with Crippen LogP contribution in [0.5, 0.6) is 0 Å². The Balaban J connectivity index is 0.000000169. The topological polar surface area (TPSA) is 148 Å². The normalized spacial score (nSPS) is 17.0. The molecule has 8 N–H and O–H groups in total. The fourth-order valence-corrected chi connectivity index (χ4v) is 7.97. The number of piperazine rings is 4. The zero-order valence-electron chi connectivity index (χ0n) is 43.9. The molecule has 0 atom stereocenters. The molecule has 1 aromatic carbocycles. The van der Waals surface area contributed by atoms with E-state index in [0.29, 0.717) is 0 Å². The van der Waals surface area contributed by atoms with Gasteiger partial charge in [-0.2, -0.15) is 0 Å². The van der Waals surface area contributed by atoms with Crippen molar-refractivity contribution in [3.8, 4) is 0 Å². The predicted octanol–water partition coefficient (Wildman–Crippen LogP) is 7.41. The van der Waals surface area contributed by atoms with Gasteiger partial charge in [-0.05, 0) is 144 Å². The maximum absolute atomic E-state index is 4.47. The molecule has 0 spiro atoms. The molecule has 7 heterocycles. The minimum atomic E-state index is 0.0591. The van der Waals surface area contributed by atoms with Crippen molar-refractivity contribution in [1.29, 1.82) is 0 Å². The summed E-state index contributed by atoms with van der Waals surface area (Å²) in [6, 6.07) is 21.4. The molecule has 0 bridgehead atoms. The number of hydrogen-bond acceptors (Lipinski definition) is 15. The quantitative estimate of drug-likeness (QED) is 0.0887. The molecule has 4 fully saturated rings. The minimum Gasteiger partial charge on any atom is -0.380 e. The van der Waals surface area contributed by atoms with Crippen LogP contribution in [-0.2, 0) is 0 Å². The lowest BCUT2D eigenvalue weighted by Gasteiger charge is -2.30. The molecule has 0 unspecified atom stereocenters. The molecule has 4 saturated heterocycles. The van der Waals surface area contributed by atoms with Crippen LogP contribution in [0.1, 0.15) is 83.1 Å². The van der Waals surface area contributed by atoms with Gasteiger partial charge in [0.05, 0.1) is 35.7 Å². The maximum Gasteiger partial charge on any atom is 0.126 e. The molecular formula is C53H89N15. The highest BCUT2D eigenvalue weighted by Crippen LogP contribution is 2.23. The second kappa shape index (κ2) is 25.5. The SMILES string of the molecule is CC(C)(C)Nc1ccc(N2CCNCC2)cc1.CC(C)(C)Nc1ccc(N2CCNCC2)cn1.CC(C)(C)Nc1ccc(N2CCNCC2)cn1.CC(C)(C)Nc1ccc(N2CCNCC2)cn1. The molecule has 8 rings (SSSR count). The van der Waals surface area contributed by atoms with E-state index >= 15 is 0 Å². The number of hydrogen-bond donors (Lipinski definition) is 8. The predicted molar refractivity (Wildman–Crippen MR) is 293 cm³/mol. The van der Waals surface area contributed by atoms with Crippen molar-refractivity contribution in [3.05, 3.63) is 79.3 Å². The largest absolute Gasteiger partial charge is 0.380 e. The van der Waals surface area contributed by atoms with Crippen LogP contribution in [0.2, 0.25) is 0 Å². The van der Waals surface area contributed by atoms with Crippen molar-refractivity contribution in [2.45, 2.75) is 105 Å². The third-order valence-electron chi connectivity index (χ3n) is 11.1. The second-order valence-corrected chi connectivity index (χ2v) is 22.2. The Morgan fingerprint density at radius 3 is 0.779 bits per heavy atom. The van der Waals surface area contributed by atoms with E-state index < -0.39 is 0 Å². The van der Waals surface area contributed by atoms with Gasteiger partial charge in [0.25, 0.3) is 0 Å². The molecule has 0 aliphatic carbocycles. The second-order valence-electron chi connectivity index (χ2n) is 22.2. The number of benzene rings is 1. The van der Waals surface area contributed by atoms with E-state index in [2.05, 4.69) is 221 Å². The number of nitrogens with zero attached hydrogens (tertiary/aromatic N) is 7. The van der Waals surface area contributed by atoms with Gasteiger partial charge in [0.15, 0.2) is 0 Å². The summed E-state index contributed by atoms with van der Waals surface area (Å²) in [6.45, 7) is 42.9. The van der Waals surface area contributed by atoms with E-state index in [-0.39, 0.29) is 22.2 Å². The van der Waals surface area contributed by atoms with Crippen LogP contribution in [0.25, 0.3) is 0 Å². The molecule has 0 amide bonds. The van der Waals surface area contributed by atoms with E-state index in [1.54, 1.807) is 0 Å². The Bertz CT molecular complexity index is 1680. The van der Waals surface area contributed by atoms with Crippen molar-refractivity contribution >= 4 is 45.9 Å². The van der Waals surface area contributed by atoms with Gasteiger partial charge in [0.1, 0.15) is 17.5 Å². The molecule has 4 aliphatic heterocycles. The maximum atomic E-state index is 4.47. The summed E-state index contributed by atoms with van der Waals surface area (Å²) < 4.78 is 0. The monoisotopic (exact) mass is 936 g/mol. The summed E-state index contributed by atoms with van der Waals surface area (Å²) >= 11 is 0. The number of nitrogens with one attached hydrogen (secondary N) is 8. The summed E-state index contributed by atoms with van der Waals surface area (Å²) in [5.41, 5.74) is 6.46. The smallest absolute Gasteiger partial charge is 0.126 e. The Morgan fingerprint density at radius 2 is 0.559 bits per heavy atom. The van der Waals surface area contributed by atoms with Crippen LogP contribution in [-0.4, -0.2) is 142 Å². The van der Waals surface area contributed by atoms with Crippen LogP contribution < -0.4 is 62.1 Å². The first-order valence-electron chi connectivity index (χ1n) is 25.1. The van der Waals surface area contributed by atoms with Gasteiger partial charge < -0.3 is 62.1 Å². The zero-order valence-corrected chi connectivity index (χ0v) is 43.9. The number of pyridine rings is 3. The third kappa shape index (κ3) is 20.6. The molecule has 15 nitrogen and oxygen atoms in total. The lowest BCUT2D eigenvalue weighted by molar-refractivity contribution is 0.588. The fraction of sp³-hybridized carbons (Fsp3) is 0.604. The number of anilines is 8. The fourth-order valence-electron chi connectivity index (χ4n) is 7.97. The highest BCUT2D eigenvalue weighted by atomic mass is 15.2. The summed E-state index contributed by atoms with van der Waals surface area (Å²) in [7, 11) is 0. The van der Waals surface area contributed by atoms with Crippen LogP contribution >= 0.6 is 0 Å². The van der Waals surface area contributed by atoms with E-state index in [1.807, 2.05) is 18.6 Å². The van der Waals surface area contributed by atoms with E-state index in [1.165, 1.54) is 28.4 Å². The summed E-state index contributed by atoms with van der Waals surface area (Å²) in [4.78, 5) is 22.9. The van der Waals surface area contributed by atoms with Gasteiger partial charge in [0.2, 0.25) is 0 Å². The third-order valence-corrected chi connectivity index (χ3v) is 11.1. The molecule has 0 radical (unpaired) electrons. The Hall–Kier alpha value is -5.09. The molecular weight excluding hydrogens is 847 g/mol. The standard InChI is InChI=1S/C14H23N3.3C13H22N4/c1-14(2,3)16-12-4-6-13(7-5-12)17-10-8-15-9-11-17;3*1-13(2,3)16-12-5-4-11(10-15-12)17-8-6-14-7-9-17/h4-7,15-16H,8-11H2,1-3H3;3*4-5,10,14H,6-9H2,1-3H3,(H,15,16). The molecule has 15 heteroatoms. The van der Waals surface area contributed by atoms with Gasteiger partial charge in [-0.25, -0.2) is 15.0 Å². The van der Waals surface area contributed by atoms with Crippen LogP contribution in [0.4, 0.5) is 45.9 Å². The lowest BCUT2D eigenvalue weighted by Crippen LogP contribution is -2.43. The van der Waals surface area contributed by atoms with E-state index in [9.17, 15) is 0 Å². The average molecular weight is 936 g/mol. The van der Waals surface area contributed by atoms with Crippen LogP contribution in [0.3, 0.4) is 0 Å². The van der Waals surface area contributed by atoms with Crippen molar-refractivity contribution in [2.24, 2.45) is 0 Å². The highest BCUT2D eigenvalue weighted by Gasteiger charge is 2.17. The number of rotatable bonds is 8. The Morgan fingerprint density at radius 1 is 0.324 bits per heavy atom. The first-order valence-corrected chi connectivity index (χ1v) is 25.1. The first-order chi connectivity index (χ1) is 32.2. The number of aromatic nitrogens is 3. The summed E-state index contributed by atoms with van der Waals surface area (Å²) in [5.74, 6) is 2.82. The van der Waals surface area contributed by atoms with Crippen molar-refractivity contribution in [3.63, 3.8) is 0 Å². The van der Waals surface area contributed by atoms with Gasteiger partial charge in [-0.1, -0.05) is 0 Å². The van der Waals surface area contributed by atoms with Gasteiger partial charge >= 0.3 is 0 Å². The van der Waals surface area contributed by atoms with Gasteiger partial charge in [-0.3, -0.25) is 0 Å². The molecule has 4 aromatic rings. The van der Waals surface area contributed by atoms with E-state index in [4.69, 9.17) is 0 Å². The van der Waals surface area contributed by atoms with Crippen molar-refractivity contribution in [2.75, 3.05) is 146 Å². The molecule has 3 aromatic heterocycles. The van der Waals surface area contributed by atoms with Crippen molar-refractivity contribution < 1.29 is 0 Å². The molecule has 68 heavy (non-hydrogen) atoms.